The Bertz CT molecular complexity index is 549. The van der Waals surface area contributed by atoms with Crippen LogP contribution in [-0.2, 0) is 17.9 Å². The predicted molar refractivity (Wildman–Crippen MR) is 69.4 cm³/mol. The van der Waals surface area contributed by atoms with E-state index in [0.717, 1.165) is 12.2 Å². The Morgan fingerprint density at radius 1 is 1.37 bits per heavy atom. The summed E-state index contributed by atoms with van der Waals surface area (Å²) in [4.78, 5) is 26.3. The van der Waals surface area contributed by atoms with Gasteiger partial charge in [0.15, 0.2) is 0 Å². The van der Waals surface area contributed by atoms with Crippen LogP contribution >= 0.6 is 11.8 Å². The lowest BCUT2D eigenvalue weighted by atomic mass is 10.2. The molecule has 1 aromatic heterocycles. The lowest BCUT2D eigenvalue weighted by molar-refractivity contribution is -0.0523. The lowest BCUT2D eigenvalue weighted by Crippen LogP contribution is -2.37. The van der Waals surface area contributed by atoms with Crippen LogP contribution in [0.25, 0.3) is 0 Å². The summed E-state index contributed by atoms with van der Waals surface area (Å²) in [7, 11) is 0. The number of hydrogen-bond donors (Lipinski definition) is 3. The number of aliphatic hydroxyl groups excluding tert-OH is 2. The third-order valence-electron chi connectivity index (χ3n) is 2.91. The Hall–Kier alpha value is -1.09. The molecule has 2 heterocycles. The van der Waals surface area contributed by atoms with E-state index in [4.69, 9.17) is 14.9 Å². The number of fused-ring (bicyclic) bond motifs is 1. The van der Waals surface area contributed by atoms with Gasteiger partial charge in [0.05, 0.1) is 18.1 Å². The molecule has 0 aromatic carbocycles. The van der Waals surface area contributed by atoms with Crippen molar-refractivity contribution in [2.24, 2.45) is 0 Å². The van der Waals surface area contributed by atoms with Gasteiger partial charge in [-0.05, 0) is 18.6 Å². The first kappa shape index (κ1) is 14.3. The normalized spacial score (nSPS) is 14.7. The van der Waals surface area contributed by atoms with Gasteiger partial charge in [-0.2, -0.15) is 0 Å². The molecule has 1 aromatic rings. The second-order valence-electron chi connectivity index (χ2n) is 4.20. The van der Waals surface area contributed by atoms with Gasteiger partial charge in [0, 0.05) is 5.69 Å². The van der Waals surface area contributed by atoms with E-state index in [-0.39, 0.29) is 25.5 Å². The standard InChI is InChI=1S/C11H16N2O5S/c14-4-7(5-15)18-6-13-8-2-1-3-19-9(8)10(16)12-11(13)17/h7,14-15H,1-6H2,(H,12,16,17). The highest BCUT2D eigenvalue weighted by Gasteiger charge is 2.19. The van der Waals surface area contributed by atoms with Crippen LogP contribution in [0.3, 0.4) is 0 Å². The monoisotopic (exact) mass is 288 g/mol. The number of aliphatic hydroxyl groups is 2. The summed E-state index contributed by atoms with van der Waals surface area (Å²) < 4.78 is 6.59. The molecule has 1 aliphatic rings. The van der Waals surface area contributed by atoms with Crippen molar-refractivity contribution in [2.45, 2.75) is 30.6 Å². The molecule has 0 unspecified atom stereocenters. The van der Waals surface area contributed by atoms with Crippen LogP contribution in [0.1, 0.15) is 12.1 Å². The molecule has 106 valence electrons. The van der Waals surface area contributed by atoms with Crippen molar-refractivity contribution < 1.29 is 14.9 Å². The first-order chi connectivity index (χ1) is 9.17. The highest BCUT2D eigenvalue weighted by molar-refractivity contribution is 7.99. The van der Waals surface area contributed by atoms with Crippen molar-refractivity contribution in [3.8, 4) is 0 Å². The van der Waals surface area contributed by atoms with E-state index in [0.29, 0.717) is 17.0 Å². The Morgan fingerprint density at radius 2 is 2.11 bits per heavy atom. The summed E-state index contributed by atoms with van der Waals surface area (Å²) in [5.74, 6) is 0.852. The van der Waals surface area contributed by atoms with Crippen LogP contribution in [0, 0.1) is 0 Å². The third kappa shape index (κ3) is 3.08. The van der Waals surface area contributed by atoms with Gasteiger partial charge in [-0.15, -0.1) is 11.8 Å². The van der Waals surface area contributed by atoms with Gasteiger partial charge < -0.3 is 14.9 Å². The summed E-state index contributed by atoms with van der Waals surface area (Å²) in [5.41, 5.74) is -0.220. The van der Waals surface area contributed by atoms with E-state index in [9.17, 15) is 9.59 Å². The predicted octanol–water partition coefficient (Wildman–Crippen LogP) is -1.10. The molecule has 0 saturated heterocycles. The van der Waals surface area contributed by atoms with Crippen molar-refractivity contribution in [2.75, 3.05) is 19.0 Å². The zero-order valence-corrected chi connectivity index (χ0v) is 11.1. The summed E-state index contributed by atoms with van der Waals surface area (Å²) >= 11 is 1.43. The van der Waals surface area contributed by atoms with Gasteiger partial charge in [0.2, 0.25) is 0 Å². The molecule has 0 spiro atoms. The number of aromatic amines is 1. The van der Waals surface area contributed by atoms with Crippen LogP contribution < -0.4 is 11.2 Å². The van der Waals surface area contributed by atoms with Gasteiger partial charge in [0.25, 0.3) is 5.56 Å². The molecular weight excluding hydrogens is 272 g/mol. The van der Waals surface area contributed by atoms with Crippen molar-refractivity contribution >= 4 is 11.8 Å². The maximum Gasteiger partial charge on any atom is 0.330 e. The summed E-state index contributed by atoms with van der Waals surface area (Å²) in [6, 6.07) is 0. The Kier molecular flexibility index (Phi) is 4.81. The van der Waals surface area contributed by atoms with Gasteiger partial charge in [-0.3, -0.25) is 14.3 Å². The zero-order valence-electron chi connectivity index (χ0n) is 10.3. The minimum Gasteiger partial charge on any atom is -0.394 e. The van der Waals surface area contributed by atoms with Crippen LogP contribution in [0.15, 0.2) is 14.5 Å². The molecule has 2 rings (SSSR count). The topological polar surface area (TPSA) is 105 Å². The Labute approximate surface area is 113 Å². The number of aromatic nitrogens is 2. The number of nitrogens with zero attached hydrogens (tertiary/aromatic N) is 1. The molecule has 0 fully saturated rings. The van der Waals surface area contributed by atoms with Gasteiger partial charge in [0.1, 0.15) is 12.8 Å². The number of ether oxygens (including phenoxy) is 1. The van der Waals surface area contributed by atoms with Gasteiger partial charge in [-0.1, -0.05) is 0 Å². The van der Waals surface area contributed by atoms with Crippen LogP contribution in [-0.4, -0.2) is 44.8 Å². The number of nitrogens with one attached hydrogen (secondary N) is 1. The van der Waals surface area contributed by atoms with Gasteiger partial charge >= 0.3 is 5.69 Å². The zero-order chi connectivity index (χ0) is 13.8. The third-order valence-corrected chi connectivity index (χ3v) is 4.11. The average molecular weight is 288 g/mol. The van der Waals surface area contributed by atoms with E-state index in [1.807, 2.05) is 0 Å². The van der Waals surface area contributed by atoms with Crippen molar-refractivity contribution in [1.82, 2.24) is 9.55 Å². The first-order valence-corrected chi connectivity index (χ1v) is 6.98. The Morgan fingerprint density at radius 3 is 2.79 bits per heavy atom. The molecule has 0 amide bonds. The van der Waals surface area contributed by atoms with E-state index in [1.54, 1.807) is 0 Å². The van der Waals surface area contributed by atoms with Crippen LogP contribution in [0.5, 0.6) is 0 Å². The molecule has 0 bridgehead atoms. The minimum absolute atomic E-state index is 0.0930. The number of rotatable bonds is 5. The van der Waals surface area contributed by atoms with Crippen molar-refractivity contribution in [3.05, 3.63) is 26.5 Å². The van der Waals surface area contributed by atoms with Gasteiger partial charge in [-0.25, -0.2) is 4.79 Å². The van der Waals surface area contributed by atoms with E-state index < -0.39 is 11.8 Å². The maximum atomic E-state index is 11.8. The smallest absolute Gasteiger partial charge is 0.330 e. The molecule has 0 radical (unpaired) electrons. The van der Waals surface area contributed by atoms with Crippen LogP contribution in [0.4, 0.5) is 0 Å². The summed E-state index contributed by atoms with van der Waals surface area (Å²) in [5, 5.41) is 17.8. The van der Waals surface area contributed by atoms with Crippen LogP contribution in [0.2, 0.25) is 0 Å². The van der Waals surface area contributed by atoms with Crippen molar-refractivity contribution in [3.63, 3.8) is 0 Å². The summed E-state index contributed by atoms with van der Waals surface area (Å²) in [6.07, 6.45) is 0.809. The van der Waals surface area contributed by atoms with E-state index in [2.05, 4.69) is 4.98 Å². The average Bonchev–Trinajstić information content (AvgIpc) is 2.43. The molecule has 0 aliphatic carbocycles. The second kappa shape index (κ2) is 6.38. The minimum atomic E-state index is -0.731. The fraction of sp³-hybridized carbons (Fsp3) is 0.636. The highest BCUT2D eigenvalue weighted by atomic mass is 32.2. The molecule has 3 N–H and O–H groups in total. The molecule has 8 heteroatoms. The molecule has 1 aliphatic heterocycles. The fourth-order valence-electron chi connectivity index (χ4n) is 1.89. The molecule has 0 saturated carbocycles. The molecule has 7 nitrogen and oxygen atoms in total. The molecule has 0 atom stereocenters. The molecular formula is C11H16N2O5S. The number of hydrogen-bond acceptors (Lipinski definition) is 6. The largest absolute Gasteiger partial charge is 0.394 e. The highest BCUT2D eigenvalue weighted by Crippen LogP contribution is 2.25. The fourth-order valence-corrected chi connectivity index (χ4v) is 2.94. The molecule has 19 heavy (non-hydrogen) atoms. The van der Waals surface area contributed by atoms with Crippen molar-refractivity contribution in [1.29, 1.82) is 0 Å². The summed E-state index contributed by atoms with van der Waals surface area (Å²) in [6.45, 7) is -0.749. The lowest BCUT2D eigenvalue weighted by Gasteiger charge is -2.20. The van der Waals surface area contributed by atoms with E-state index >= 15 is 0 Å². The Balaban J connectivity index is 2.29. The quantitative estimate of drug-likeness (QED) is 0.635. The number of thioether (sulfide) groups is 1. The maximum absolute atomic E-state index is 11.8. The SMILES string of the molecule is O=c1[nH]c(=O)n(COC(CO)CO)c2c1SCCC2. The van der Waals surface area contributed by atoms with E-state index in [1.165, 1.54) is 16.3 Å². The second-order valence-corrected chi connectivity index (χ2v) is 5.30. The first-order valence-electron chi connectivity index (χ1n) is 5.99. The number of H-pyrrole nitrogens is 1.